The highest BCUT2D eigenvalue weighted by Crippen LogP contribution is 2.03. The van der Waals surface area contributed by atoms with Gasteiger partial charge in [-0.2, -0.15) is 0 Å². The minimum Gasteiger partial charge on any atom is -0.365 e. The lowest BCUT2D eigenvalue weighted by atomic mass is 10.1. The van der Waals surface area contributed by atoms with E-state index in [2.05, 4.69) is 17.2 Å². The van der Waals surface area contributed by atoms with E-state index in [9.17, 15) is 4.79 Å². The minimum absolute atomic E-state index is 0.101. The number of anilines is 1. The summed E-state index contributed by atoms with van der Waals surface area (Å²) in [4.78, 5) is 15.5. The Bertz CT molecular complexity index is 364. The smallest absolute Gasteiger partial charge is 0.293 e. The van der Waals surface area contributed by atoms with Gasteiger partial charge in [0.2, 0.25) is 0 Å². The zero-order valence-electron chi connectivity index (χ0n) is 9.03. The number of aromatic nitrogens is 2. The second-order valence-corrected chi connectivity index (χ2v) is 4.03. The molecule has 0 saturated heterocycles. The fourth-order valence-electron chi connectivity index (χ4n) is 1.18. The van der Waals surface area contributed by atoms with Crippen LogP contribution in [0.3, 0.4) is 0 Å². The fraction of sp³-hybridized carbons (Fsp3) is 0.600. The Kier molecular flexibility index (Phi) is 4.62. The number of hydrogen-bond donors (Lipinski definition) is 1. The molecule has 5 heteroatoms. The van der Waals surface area contributed by atoms with E-state index < -0.39 is 0 Å². The first-order valence-corrected chi connectivity index (χ1v) is 5.50. The monoisotopic (exact) mass is 229 g/mol. The maximum Gasteiger partial charge on any atom is 0.293 e. The second kappa shape index (κ2) is 5.75. The molecular weight excluding hydrogens is 214 g/mol. The zero-order valence-corrected chi connectivity index (χ0v) is 9.79. The van der Waals surface area contributed by atoms with Gasteiger partial charge in [0.25, 0.3) is 5.56 Å². The van der Waals surface area contributed by atoms with Gasteiger partial charge in [-0.05, 0) is 12.3 Å². The van der Waals surface area contributed by atoms with Gasteiger partial charge in [-0.3, -0.25) is 4.79 Å². The van der Waals surface area contributed by atoms with Crippen LogP contribution in [0.15, 0.2) is 17.2 Å². The first kappa shape index (κ1) is 12.0. The molecule has 1 aromatic rings. The molecule has 1 rings (SSSR count). The van der Waals surface area contributed by atoms with Crippen molar-refractivity contribution < 1.29 is 0 Å². The summed E-state index contributed by atoms with van der Waals surface area (Å²) in [6.45, 7) is 2.81. The van der Waals surface area contributed by atoms with Crippen LogP contribution in [0.25, 0.3) is 0 Å². The number of hydrogen-bond acceptors (Lipinski definition) is 3. The van der Waals surface area contributed by atoms with Gasteiger partial charge in [-0.25, -0.2) is 4.98 Å². The Hall–Kier alpha value is -1.03. The first-order chi connectivity index (χ1) is 7.15. The summed E-state index contributed by atoms with van der Waals surface area (Å²) in [5.74, 6) is 1.49. The third kappa shape index (κ3) is 3.55. The van der Waals surface area contributed by atoms with Crippen molar-refractivity contribution in [2.45, 2.75) is 13.3 Å². The van der Waals surface area contributed by atoms with Crippen LogP contribution in [0, 0.1) is 5.92 Å². The average molecular weight is 230 g/mol. The molecule has 0 aromatic carbocycles. The van der Waals surface area contributed by atoms with Crippen LogP contribution in [0.4, 0.5) is 5.82 Å². The Morgan fingerprint density at radius 1 is 1.67 bits per heavy atom. The van der Waals surface area contributed by atoms with Crippen molar-refractivity contribution in [3.63, 3.8) is 0 Å². The van der Waals surface area contributed by atoms with Gasteiger partial charge in [0, 0.05) is 31.9 Å². The summed E-state index contributed by atoms with van der Waals surface area (Å²) >= 11 is 5.63. The summed E-state index contributed by atoms with van der Waals surface area (Å²) in [5, 5.41) is 3.04. The van der Waals surface area contributed by atoms with Crippen molar-refractivity contribution in [2.24, 2.45) is 13.0 Å². The van der Waals surface area contributed by atoms with E-state index in [4.69, 9.17) is 11.6 Å². The van der Waals surface area contributed by atoms with Crippen LogP contribution >= 0.6 is 11.6 Å². The molecule has 0 aliphatic heterocycles. The molecule has 0 amide bonds. The SMILES string of the molecule is CC(CCCl)CNc1nccn(C)c1=O. The molecule has 1 N–H and O–H groups in total. The van der Waals surface area contributed by atoms with Gasteiger partial charge in [-0.15, -0.1) is 11.6 Å². The number of nitrogens with zero attached hydrogens (tertiary/aromatic N) is 2. The highest BCUT2D eigenvalue weighted by atomic mass is 35.5. The molecular formula is C10H16ClN3O. The van der Waals surface area contributed by atoms with Gasteiger partial charge in [-0.1, -0.05) is 6.92 Å². The van der Waals surface area contributed by atoms with E-state index in [0.717, 1.165) is 13.0 Å². The van der Waals surface area contributed by atoms with Crippen molar-refractivity contribution in [3.8, 4) is 0 Å². The largest absolute Gasteiger partial charge is 0.365 e. The predicted molar refractivity (Wildman–Crippen MR) is 62.5 cm³/mol. The van der Waals surface area contributed by atoms with Crippen molar-refractivity contribution in [1.29, 1.82) is 0 Å². The van der Waals surface area contributed by atoms with Crippen LogP contribution in [-0.4, -0.2) is 22.0 Å². The average Bonchev–Trinajstić information content (AvgIpc) is 2.21. The molecule has 15 heavy (non-hydrogen) atoms. The Morgan fingerprint density at radius 2 is 2.40 bits per heavy atom. The third-order valence-electron chi connectivity index (χ3n) is 2.24. The van der Waals surface area contributed by atoms with E-state index in [1.54, 1.807) is 19.4 Å². The lowest BCUT2D eigenvalue weighted by Gasteiger charge is -2.11. The number of aryl methyl sites for hydroxylation is 1. The summed E-state index contributed by atoms with van der Waals surface area (Å²) in [5.41, 5.74) is -0.101. The van der Waals surface area contributed by atoms with Gasteiger partial charge >= 0.3 is 0 Å². The predicted octanol–water partition coefficient (Wildman–Crippen LogP) is 1.46. The minimum atomic E-state index is -0.101. The number of halogens is 1. The standard InChI is InChI=1S/C10H16ClN3O/c1-8(3-4-11)7-13-9-10(15)14(2)6-5-12-9/h5-6,8H,3-4,7H2,1-2H3,(H,12,13). The fourth-order valence-corrected chi connectivity index (χ4v) is 1.55. The van der Waals surface area contributed by atoms with Crippen molar-refractivity contribution in [3.05, 3.63) is 22.7 Å². The van der Waals surface area contributed by atoms with Crippen LogP contribution in [-0.2, 0) is 7.05 Å². The normalized spacial score (nSPS) is 12.5. The van der Waals surface area contributed by atoms with Crippen molar-refractivity contribution >= 4 is 17.4 Å². The number of rotatable bonds is 5. The quantitative estimate of drug-likeness (QED) is 0.778. The molecule has 1 aromatic heterocycles. The van der Waals surface area contributed by atoms with E-state index in [1.807, 2.05) is 0 Å². The van der Waals surface area contributed by atoms with Crippen LogP contribution in [0.5, 0.6) is 0 Å². The molecule has 4 nitrogen and oxygen atoms in total. The molecule has 1 heterocycles. The van der Waals surface area contributed by atoms with Crippen LogP contribution < -0.4 is 10.9 Å². The van der Waals surface area contributed by atoms with Crippen LogP contribution in [0.2, 0.25) is 0 Å². The molecule has 0 saturated carbocycles. The van der Waals surface area contributed by atoms with Gasteiger partial charge < -0.3 is 9.88 Å². The van der Waals surface area contributed by atoms with Crippen molar-refractivity contribution in [1.82, 2.24) is 9.55 Å². The lowest BCUT2D eigenvalue weighted by Crippen LogP contribution is -2.24. The van der Waals surface area contributed by atoms with Gasteiger partial charge in [0.15, 0.2) is 5.82 Å². The third-order valence-corrected chi connectivity index (χ3v) is 2.45. The van der Waals surface area contributed by atoms with Crippen LogP contribution in [0.1, 0.15) is 13.3 Å². The summed E-state index contributed by atoms with van der Waals surface area (Å²) in [7, 11) is 1.71. The molecule has 0 bridgehead atoms. The highest BCUT2D eigenvalue weighted by molar-refractivity contribution is 6.17. The Balaban J connectivity index is 2.58. The zero-order chi connectivity index (χ0) is 11.3. The molecule has 1 atom stereocenters. The lowest BCUT2D eigenvalue weighted by molar-refractivity contribution is 0.595. The molecule has 0 fully saturated rings. The van der Waals surface area contributed by atoms with E-state index in [0.29, 0.717) is 17.6 Å². The molecule has 0 radical (unpaired) electrons. The molecule has 0 aliphatic carbocycles. The first-order valence-electron chi connectivity index (χ1n) is 4.96. The van der Waals surface area contributed by atoms with Gasteiger partial charge in [0.05, 0.1) is 0 Å². The maximum atomic E-state index is 11.6. The van der Waals surface area contributed by atoms with Gasteiger partial charge in [0.1, 0.15) is 0 Å². The van der Waals surface area contributed by atoms with E-state index in [1.165, 1.54) is 4.57 Å². The summed E-state index contributed by atoms with van der Waals surface area (Å²) in [6.07, 6.45) is 4.17. The molecule has 0 aliphatic rings. The molecule has 84 valence electrons. The summed E-state index contributed by atoms with van der Waals surface area (Å²) < 4.78 is 1.50. The molecule has 1 unspecified atom stereocenters. The Morgan fingerprint density at radius 3 is 3.07 bits per heavy atom. The van der Waals surface area contributed by atoms with E-state index >= 15 is 0 Å². The van der Waals surface area contributed by atoms with E-state index in [-0.39, 0.29) is 5.56 Å². The summed E-state index contributed by atoms with van der Waals surface area (Å²) in [6, 6.07) is 0. The number of nitrogens with one attached hydrogen (secondary N) is 1. The molecule has 0 spiro atoms. The topological polar surface area (TPSA) is 46.9 Å². The maximum absolute atomic E-state index is 11.6. The van der Waals surface area contributed by atoms with Crippen molar-refractivity contribution in [2.75, 3.05) is 17.7 Å². The number of alkyl halides is 1. The second-order valence-electron chi connectivity index (χ2n) is 3.66. The highest BCUT2D eigenvalue weighted by Gasteiger charge is 2.04. The Labute approximate surface area is 94.3 Å².